The summed E-state index contributed by atoms with van der Waals surface area (Å²) in [6.07, 6.45) is 3.01. The first-order valence-corrected chi connectivity index (χ1v) is 13.2. The van der Waals surface area contributed by atoms with E-state index < -0.39 is 65.0 Å². The molecule has 3 fully saturated rings. The van der Waals surface area contributed by atoms with Gasteiger partial charge in [-0.3, -0.25) is 34.3 Å². The number of imide groups is 1. The van der Waals surface area contributed by atoms with Crippen LogP contribution >= 0.6 is 0 Å². The average Bonchev–Trinajstić information content (AvgIpc) is 3.51. The van der Waals surface area contributed by atoms with Crippen LogP contribution in [0, 0.1) is 17.2 Å². The van der Waals surface area contributed by atoms with Crippen molar-refractivity contribution in [2.75, 3.05) is 6.54 Å². The van der Waals surface area contributed by atoms with Gasteiger partial charge in [-0.2, -0.15) is 0 Å². The number of amides is 3. The van der Waals surface area contributed by atoms with E-state index in [4.69, 9.17) is 26.4 Å². The third kappa shape index (κ3) is 5.02. The number of nitrogens with one attached hydrogen (secondary N) is 1. The summed E-state index contributed by atoms with van der Waals surface area (Å²) in [5.41, 5.74) is 10.6. The van der Waals surface area contributed by atoms with Gasteiger partial charge in [-0.05, 0) is 57.4 Å². The molecule has 13 heteroatoms. The minimum absolute atomic E-state index is 0.0525. The molecule has 2 saturated carbocycles. The summed E-state index contributed by atoms with van der Waals surface area (Å²) >= 11 is 0. The smallest absolute Gasteiger partial charge is 0.306 e. The van der Waals surface area contributed by atoms with Gasteiger partial charge in [0.05, 0.1) is 17.5 Å². The molecule has 1 aromatic rings. The van der Waals surface area contributed by atoms with Crippen molar-refractivity contribution in [3.05, 3.63) is 23.2 Å². The topological polar surface area (TPSA) is 221 Å². The van der Waals surface area contributed by atoms with Crippen molar-refractivity contribution in [2.24, 2.45) is 23.3 Å². The van der Waals surface area contributed by atoms with Crippen LogP contribution in [0.1, 0.15) is 80.2 Å². The maximum Gasteiger partial charge on any atom is 0.306 e. The molecule has 0 bridgehead atoms. The van der Waals surface area contributed by atoms with Gasteiger partial charge in [0, 0.05) is 18.5 Å². The van der Waals surface area contributed by atoms with Gasteiger partial charge in [0.2, 0.25) is 5.91 Å². The van der Waals surface area contributed by atoms with E-state index in [-0.39, 0.29) is 36.3 Å². The van der Waals surface area contributed by atoms with Crippen LogP contribution in [-0.4, -0.2) is 79.7 Å². The molecule has 39 heavy (non-hydrogen) atoms. The largest absolute Gasteiger partial charge is 0.481 e. The molecule has 1 aliphatic heterocycles. The van der Waals surface area contributed by atoms with E-state index in [9.17, 15) is 29.1 Å². The minimum atomic E-state index is -1.09. The zero-order valence-electron chi connectivity index (χ0n) is 21.9. The number of nitrogens with zero attached hydrogens (tertiary/aromatic N) is 2. The lowest BCUT2D eigenvalue weighted by atomic mass is 9.52. The van der Waals surface area contributed by atoms with Gasteiger partial charge in [-0.25, -0.2) is 0 Å². The molecule has 3 amide bonds. The van der Waals surface area contributed by atoms with E-state index in [1.165, 1.54) is 17.9 Å². The van der Waals surface area contributed by atoms with E-state index in [0.717, 1.165) is 11.3 Å². The highest BCUT2D eigenvalue weighted by molar-refractivity contribution is 6.07. The third-order valence-electron chi connectivity index (χ3n) is 8.39. The second-order valence-electron chi connectivity index (χ2n) is 10.8. The highest BCUT2D eigenvalue weighted by Gasteiger charge is 2.64. The Bertz CT molecular complexity index is 1210. The number of carbonyl (C=O) groups excluding carboxylic acids is 3. The van der Waals surface area contributed by atoms with E-state index in [0.29, 0.717) is 38.6 Å². The van der Waals surface area contributed by atoms with Crippen molar-refractivity contribution in [3.8, 4) is 0 Å². The molecule has 3 unspecified atom stereocenters. The quantitative estimate of drug-likeness (QED) is 0.168. The van der Waals surface area contributed by atoms with E-state index >= 15 is 0 Å². The highest BCUT2D eigenvalue weighted by Crippen LogP contribution is 2.56. The van der Waals surface area contributed by atoms with Gasteiger partial charge < -0.3 is 31.0 Å². The van der Waals surface area contributed by atoms with E-state index in [1.54, 1.807) is 0 Å². The van der Waals surface area contributed by atoms with Crippen LogP contribution < -0.4 is 11.5 Å². The number of rotatable bonds is 9. The molecule has 4 rings (SSSR count). The Labute approximate surface area is 225 Å². The molecule has 212 valence electrons. The Hall–Kier alpha value is -3.74. The van der Waals surface area contributed by atoms with E-state index in [2.05, 4.69) is 0 Å². The number of furan rings is 1. The van der Waals surface area contributed by atoms with Gasteiger partial charge >= 0.3 is 11.9 Å². The molecule has 2 aliphatic carbocycles. The maximum atomic E-state index is 14.2. The van der Waals surface area contributed by atoms with Crippen molar-refractivity contribution in [3.63, 3.8) is 0 Å². The zero-order chi connectivity index (χ0) is 28.6. The Morgan fingerprint density at radius 3 is 2.54 bits per heavy atom. The summed E-state index contributed by atoms with van der Waals surface area (Å²) in [7, 11) is 0. The number of likely N-dealkylation sites (tertiary alicyclic amines) is 1. The Morgan fingerprint density at radius 2 is 1.92 bits per heavy atom. The fourth-order valence-electron chi connectivity index (χ4n) is 6.59. The third-order valence-corrected chi connectivity index (χ3v) is 8.39. The number of hydrogen-bond acceptors (Lipinski definition) is 8. The first-order chi connectivity index (χ1) is 18.4. The number of aryl methyl sites for hydroxylation is 1. The van der Waals surface area contributed by atoms with Crippen molar-refractivity contribution in [1.29, 1.82) is 5.41 Å². The van der Waals surface area contributed by atoms with Crippen LogP contribution in [0.15, 0.2) is 10.5 Å². The number of carboxylic acid groups (broad SMARTS) is 2. The monoisotopic (exact) mass is 545 g/mol. The van der Waals surface area contributed by atoms with Crippen LogP contribution in [0.3, 0.4) is 0 Å². The standard InChI is InChI=1S/C26H35N5O8/c1-13(27)22(34)30-10-4-6-17(30)23(35)31(26-9-3-2-5-16(26)15(12-26)25(37)38)24(36)18-11-14(7-8-19(32)33)20(39-18)21(28)29/h11,13,15-17H,2-10,12,27H2,1H3,(H3,28,29)(H,32,33)(H,37,38)/t13-,15?,16?,17-,26?/m0/s1. The first-order valence-electron chi connectivity index (χ1n) is 13.2. The Morgan fingerprint density at radius 1 is 1.21 bits per heavy atom. The van der Waals surface area contributed by atoms with Crippen LogP contribution in [0.5, 0.6) is 0 Å². The Kier molecular flexibility index (Phi) is 7.82. The van der Waals surface area contributed by atoms with E-state index in [1.807, 2.05) is 0 Å². The molecule has 13 nitrogen and oxygen atoms in total. The SMILES string of the molecule is C[C@H](N)C(=O)N1CCC[C@H]1C(=O)N(C(=O)c1cc(CCC(=O)O)c(C(=N)N)o1)C12CCCCC1C(C(=O)O)C2. The lowest BCUT2D eigenvalue weighted by Crippen LogP contribution is -2.71. The molecule has 0 aromatic carbocycles. The molecule has 5 atom stereocenters. The summed E-state index contributed by atoms with van der Waals surface area (Å²) in [6.45, 7) is 1.83. The number of nitrogens with two attached hydrogens (primary N) is 2. The number of hydrogen-bond donors (Lipinski definition) is 5. The molecule has 7 N–H and O–H groups in total. The average molecular weight is 546 g/mol. The van der Waals surface area contributed by atoms with Gasteiger partial charge in [0.1, 0.15) is 6.04 Å². The molecule has 2 heterocycles. The Balaban J connectivity index is 1.77. The van der Waals surface area contributed by atoms with Crippen LogP contribution in [0.25, 0.3) is 0 Å². The number of aliphatic carboxylic acids is 2. The van der Waals surface area contributed by atoms with Crippen LogP contribution in [-0.2, 0) is 25.6 Å². The maximum absolute atomic E-state index is 14.2. The van der Waals surface area contributed by atoms with Gasteiger partial charge in [-0.1, -0.05) is 12.8 Å². The lowest BCUT2D eigenvalue weighted by molar-refractivity contribution is -0.174. The normalized spacial score (nSPS) is 26.7. The molecule has 1 aromatic heterocycles. The molecule has 3 aliphatic rings. The summed E-state index contributed by atoms with van der Waals surface area (Å²) < 4.78 is 5.64. The van der Waals surface area contributed by atoms with Gasteiger partial charge in [0.15, 0.2) is 17.4 Å². The van der Waals surface area contributed by atoms with Gasteiger partial charge in [-0.15, -0.1) is 0 Å². The minimum Gasteiger partial charge on any atom is -0.481 e. The summed E-state index contributed by atoms with van der Waals surface area (Å²) in [5.74, 6) is -6.05. The first kappa shape index (κ1) is 28.3. The highest BCUT2D eigenvalue weighted by atomic mass is 16.4. The lowest BCUT2D eigenvalue weighted by Gasteiger charge is -2.60. The molecule has 0 radical (unpaired) electrons. The zero-order valence-corrected chi connectivity index (χ0v) is 21.9. The second kappa shape index (κ2) is 10.8. The van der Waals surface area contributed by atoms with Crippen LogP contribution in [0.4, 0.5) is 0 Å². The van der Waals surface area contributed by atoms with Crippen molar-refractivity contribution < 1.29 is 38.6 Å². The predicted molar refractivity (Wildman–Crippen MR) is 136 cm³/mol. The fourth-order valence-corrected chi connectivity index (χ4v) is 6.59. The van der Waals surface area contributed by atoms with Crippen molar-refractivity contribution in [1.82, 2.24) is 9.80 Å². The number of fused-ring (bicyclic) bond motifs is 1. The molecular formula is C26H35N5O8. The summed E-state index contributed by atoms with van der Waals surface area (Å²) in [4.78, 5) is 66.8. The molecular weight excluding hydrogens is 510 g/mol. The number of nitrogen functional groups attached to an aromatic ring is 1. The fraction of sp³-hybridized carbons (Fsp3) is 0.615. The number of carboxylic acids is 2. The van der Waals surface area contributed by atoms with Crippen molar-refractivity contribution >= 4 is 35.5 Å². The summed E-state index contributed by atoms with van der Waals surface area (Å²) in [5, 5.41) is 26.7. The van der Waals surface area contributed by atoms with Crippen LogP contribution in [0.2, 0.25) is 0 Å². The molecule has 1 saturated heterocycles. The second-order valence-corrected chi connectivity index (χ2v) is 10.8. The number of carbonyl (C=O) groups is 5. The summed E-state index contributed by atoms with van der Waals surface area (Å²) in [6, 6.07) is -0.492. The van der Waals surface area contributed by atoms with Gasteiger partial charge in [0.25, 0.3) is 11.8 Å². The number of amidine groups is 1. The van der Waals surface area contributed by atoms with Crippen molar-refractivity contribution in [2.45, 2.75) is 82.3 Å². The molecule has 0 spiro atoms. The predicted octanol–water partition coefficient (Wildman–Crippen LogP) is 0.921.